The third kappa shape index (κ3) is 5.22. The van der Waals surface area contributed by atoms with Crippen molar-refractivity contribution in [1.82, 2.24) is 5.32 Å². The van der Waals surface area contributed by atoms with E-state index in [0.717, 1.165) is 40.7 Å². The zero-order valence-electron chi connectivity index (χ0n) is 14.4. The van der Waals surface area contributed by atoms with Gasteiger partial charge in [-0.1, -0.05) is 6.07 Å². The fourth-order valence-corrected chi connectivity index (χ4v) is 2.31. The van der Waals surface area contributed by atoms with Crippen molar-refractivity contribution >= 4 is 12.4 Å². The molecule has 0 aliphatic rings. The van der Waals surface area contributed by atoms with E-state index in [4.69, 9.17) is 18.9 Å². The molecule has 0 saturated heterocycles. The average Bonchev–Trinajstić information content (AvgIpc) is 2.61. The molecule has 0 bridgehead atoms. The van der Waals surface area contributed by atoms with Gasteiger partial charge in [-0.25, -0.2) is 0 Å². The highest BCUT2D eigenvalue weighted by molar-refractivity contribution is 5.85. The van der Waals surface area contributed by atoms with Gasteiger partial charge in [-0.05, 0) is 35.4 Å². The maximum atomic E-state index is 5.32. The van der Waals surface area contributed by atoms with Gasteiger partial charge in [0.15, 0.2) is 11.5 Å². The Kier molecular flexibility index (Phi) is 8.22. The van der Waals surface area contributed by atoms with E-state index in [0.29, 0.717) is 6.54 Å². The van der Waals surface area contributed by atoms with E-state index in [1.54, 1.807) is 28.4 Å². The van der Waals surface area contributed by atoms with Crippen LogP contribution in [0.5, 0.6) is 23.0 Å². The van der Waals surface area contributed by atoms with E-state index in [-0.39, 0.29) is 12.4 Å². The molecular weight excluding hydrogens is 330 g/mol. The lowest BCUT2D eigenvalue weighted by Gasteiger charge is -2.11. The SMILES string of the molecule is COc1cc(CNCc2ccc(OC)c(OC)c2)cc(OC)c1.Cl. The van der Waals surface area contributed by atoms with Gasteiger partial charge in [0, 0.05) is 19.2 Å². The molecule has 0 aliphatic heterocycles. The second-order valence-corrected chi connectivity index (χ2v) is 5.01. The molecule has 6 heteroatoms. The molecule has 0 atom stereocenters. The third-order valence-corrected chi connectivity index (χ3v) is 3.52. The van der Waals surface area contributed by atoms with Crippen molar-refractivity contribution in [2.45, 2.75) is 13.1 Å². The predicted octanol–water partition coefficient (Wildman–Crippen LogP) is 3.43. The molecule has 0 fully saturated rings. The average molecular weight is 354 g/mol. The van der Waals surface area contributed by atoms with Crippen LogP contribution in [0.25, 0.3) is 0 Å². The highest BCUT2D eigenvalue weighted by Crippen LogP contribution is 2.27. The van der Waals surface area contributed by atoms with Crippen molar-refractivity contribution in [3.05, 3.63) is 47.5 Å². The number of nitrogens with one attached hydrogen (secondary N) is 1. The van der Waals surface area contributed by atoms with Crippen LogP contribution in [0, 0.1) is 0 Å². The number of hydrogen-bond acceptors (Lipinski definition) is 5. The molecule has 2 rings (SSSR count). The zero-order chi connectivity index (χ0) is 16.7. The van der Waals surface area contributed by atoms with Crippen LogP contribution in [0.1, 0.15) is 11.1 Å². The van der Waals surface area contributed by atoms with Gasteiger partial charge in [-0.3, -0.25) is 0 Å². The zero-order valence-corrected chi connectivity index (χ0v) is 15.2. The van der Waals surface area contributed by atoms with Crippen LogP contribution in [0.15, 0.2) is 36.4 Å². The molecule has 0 spiro atoms. The van der Waals surface area contributed by atoms with Crippen LogP contribution in [-0.2, 0) is 13.1 Å². The second-order valence-electron chi connectivity index (χ2n) is 5.01. The first-order valence-corrected chi connectivity index (χ1v) is 7.33. The molecular formula is C18H24ClNO4. The summed E-state index contributed by atoms with van der Waals surface area (Å²) in [6.45, 7) is 1.43. The van der Waals surface area contributed by atoms with Gasteiger partial charge in [0.1, 0.15) is 11.5 Å². The van der Waals surface area contributed by atoms with Crippen molar-refractivity contribution in [3.63, 3.8) is 0 Å². The monoisotopic (exact) mass is 353 g/mol. The lowest BCUT2D eigenvalue weighted by molar-refractivity contribution is 0.354. The van der Waals surface area contributed by atoms with E-state index in [9.17, 15) is 0 Å². The molecule has 132 valence electrons. The fraction of sp³-hybridized carbons (Fsp3) is 0.333. The van der Waals surface area contributed by atoms with Gasteiger partial charge in [0.05, 0.1) is 28.4 Å². The van der Waals surface area contributed by atoms with Crippen molar-refractivity contribution in [2.75, 3.05) is 28.4 Å². The van der Waals surface area contributed by atoms with Crippen LogP contribution in [-0.4, -0.2) is 28.4 Å². The summed E-state index contributed by atoms with van der Waals surface area (Å²) in [6.07, 6.45) is 0. The minimum Gasteiger partial charge on any atom is -0.497 e. The molecule has 0 heterocycles. The summed E-state index contributed by atoms with van der Waals surface area (Å²) in [5.74, 6) is 3.03. The molecule has 0 aromatic heterocycles. The van der Waals surface area contributed by atoms with Gasteiger partial charge in [0.2, 0.25) is 0 Å². The lowest BCUT2D eigenvalue weighted by atomic mass is 10.1. The minimum absolute atomic E-state index is 0. The Balaban J connectivity index is 0.00000288. The molecule has 1 N–H and O–H groups in total. The molecule has 24 heavy (non-hydrogen) atoms. The molecule has 0 aliphatic carbocycles. The summed E-state index contributed by atoms with van der Waals surface area (Å²) in [5.41, 5.74) is 2.22. The third-order valence-electron chi connectivity index (χ3n) is 3.52. The Morgan fingerprint density at radius 3 is 1.79 bits per heavy atom. The van der Waals surface area contributed by atoms with Gasteiger partial charge >= 0.3 is 0 Å². The smallest absolute Gasteiger partial charge is 0.161 e. The maximum absolute atomic E-state index is 5.32. The van der Waals surface area contributed by atoms with Crippen molar-refractivity contribution in [2.24, 2.45) is 0 Å². The highest BCUT2D eigenvalue weighted by atomic mass is 35.5. The number of hydrogen-bond donors (Lipinski definition) is 1. The molecule has 0 radical (unpaired) electrons. The Bertz CT molecular complexity index is 627. The van der Waals surface area contributed by atoms with E-state index in [2.05, 4.69) is 5.32 Å². The van der Waals surface area contributed by atoms with Crippen molar-refractivity contribution in [3.8, 4) is 23.0 Å². The number of ether oxygens (including phenoxy) is 4. The topological polar surface area (TPSA) is 49.0 Å². The first-order valence-electron chi connectivity index (χ1n) is 7.33. The Morgan fingerprint density at radius 2 is 1.25 bits per heavy atom. The standard InChI is InChI=1S/C18H23NO4.ClH/c1-20-15-7-14(8-16(10-15)21-2)12-19-11-13-5-6-17(22-3)18(9-13)23-4;/h5-10,19H,11-12H2,1-4H3;1H. The van der Waals surface area contributed by atoms with Gasteiger partial charge in [-0.15, -0.1) is 12.4 Å². The minimum atomic E-state index is 0. The molecule has 2 aromatic carbocycles. The largest absolute Gasteiger partial charge is 0.497 e. The first-order chi connectivity index (χ1) is 11.2. The number of benzene rings is 2. The number of methoxy groups -OCH3 is 4. The second kappa shape index (κ2) is 9.90. The summed E-state index contributed by atoms with van der Waals surface area (Å²) in [4.78, 5) is 0. The number of halogens is 1. The normalized spacial score (nSPS) is 9.83. The van der Waals surface area contributed by atoms with Gasteiger partial charge < -0.3 is 24.3 Å². The van der Waals surface area contributed by atoms with Gasteiger partial charge in [0.25, 0.3) is 0 Å². The van der Waals surface area contributed by atoms with Crippen LogP contribution in [0.4, 0.5) is 0 Å². The van der Waals surface area contributed by atoms with Crippen LogP contribution in [0.3, 0.4) is 0 Å². The summed E-state index contributed by atoms with van der Waals surface area (Å²) in [7, 11) is 6.56. The first kappa shape index (κ1) is 19.9. The van der Waals surface area contributed by atoms with E-state index in [1.165, 1.54) is 0 Å². The summed E-state index contributed by atoms with van der Waals surface area (Å²) < 4.78 is 21.1. The van der Waals surface area contributed by atoms with Gasteiger partial charge in [-0.2, -0.15) is 0 Å². The van der Waals surface area contributed by atoms with E-state index < -0.39 is 0 Å². The van der Waals surface area contributed by atoms with E-state index in [1.807, 2.05) is 36.4 Å². The predicted molar refractivity (Wildman–Crippen MR) is 96.9 cm³/mol. The van der Waals surface area contributed by atoms with Crippen LogP contribution in [0.2, 0.25) is 0 Å². The maximum Gasteiger partial charge on any atom is 0.161 e. The molecule has 0 saturated carbocycles. The molecule has 0 amide bonds. The number of rotatable bonds is 8. The summed E-state index contributed by atoms with van der Waals surface area (Å²) >= 11 is 0. The Morgan fingerprint density at radius 1 is 0.667 bits per heavy atom. The van der Waals surface area contributed by atoms with Crippen LogP contribution < -0.4 is 24.3 Å². The quantitative estimate of drug-likeness (QED) is 0.787. The Hall–Kier alpha value is -2.11. The molecule has 2 aromatic rings. The van der Waals surface area contributed by atoms with Crippen LogP contribution >= 0.6 is 12.4 Å². The molecule has 0 unspecified atom stereocenters. The summed E-state index contributed by atoms with van der Waals surface area (Å²) in [5, 5.41) is 3.40. The fourth-order valence-electron chi connectivity index (χ4n) is 2.31. The van der Waals surface area contributed by atoms with Crippen molar-refractivity contribution in [1.29, 1.82) is 0 Å². The lowest BCUT2D eigenvalue weighted by Crippen LogP contribution is -2.13. The van der Waals surface area contributed by atoms with E-state index >= 15 is 0 Å². The van der Waals surface area contributed by atoms with Crippen molar-refractivity contribution < 1.29 is 18.9 Å². The highest BCUT2D eigenvalue weighted by Gasteiger charge is 2.05. The molecule has 5 nitrogen and oxygen atoms in total. The Labute approximate surface area is 149 Å². The summed E-state index contributed by atoms with van der Waals surface area (Å²) in [6, 6.07) is 11.7.